The number of carbonyl (C=O) groups is 2. The molecule has 0 radical (unpaired) electrons. The van der Waals surface area contributed by atoms with E-state index in [-0.39, 0.29) is 17.9 Å². The normalized spacial score (nSPS) is 13.5. The number of amides is 2. The predicted octanol–water partition coefficient (Wildman–Crippen LogP) is 4.08. The second kappa shape index (κ2) is 12.9. The van der Waals surface area contributed by atoms with Crippen LogP contribution in [-0.4, -0.2) is 58.8 Å². The van der Waals surface area contributed by atoms with Crippen molar-refractivity contribution in [1.29, 1.82) is 0 Å². The monoisotopic (exact) mass is 517 g/mol. The zero-order valence-electron chi connectivity index (χ0n) is 22.2. The van der Waals surface area contributed by atoms with E-state index in [1.54, 1.807) is 39.5 Å². The Kier molecular flexibility index (Phi) is 9.08. The molecule has 1 aliphatic heterocycles. The Labute approximate surface area is 223 Å². The van der Waals surface area contributed by atoms with Crippen molar-refractivity contribution in [2.24, 2.45) is 0 Å². The zero-order valence-corrected chi connectivity index (χ0v) is 22.2. The third kappa shape index (κ3) is 6.56. The Hall–Kier alpha value is -4.20. The van der Waals surface area contributed by atoms with Crippen LogP contribution in [-0.2, 0) is 6.42 Å². The third-order valence-corrected chi connectivity index (χ3v) is 6.82. The van der Waals surface area contributed by atoms with Gasteiger partial charge in [0.05, 0.1) is 26.9 Å². The summed E-state index contributed by atoms with van der Waals surface area (Å²) >= 11 is 0. The molecule has 3 aromatic rings. The van der Waals surface area contributed by atoms with Crippen molar-refractivity contribution in [3.63, 3.8) is 0 Å². The fourth-order valence-electron chi connectivity index (χ4n) is 4.66. The van der Waals surface area contributed by atoms with Gasteiger partial charge < -0.3 is 29.7 Å². The van der Waals surface area contributed by atoms with Crippen LogP contribution in [0.3, 0.4) is 0 Å². The van der Waals surface area contributed by atoms with Crippen molar-refractivity contribution in [2.75, 3.05) is 45.9 Å². The molecule has 0 unspecified atom stereocenters. The summed E-state index contributed by atoms with van der Waals surface area (Å²) in [4.78, 5) is 28.1. The minimum Gasteiger partial charge on any atom is -0.497 e. The minimum absolute atomic E-state index is 0.0531. The summed E-state index contributed by atoms with van der Waals surface area (Å²) in [5.41, 5.74) is 3.24. The second-order valence-electron chi connectivity index (χ2n) is 9.18. The van der Waals surface area contributed by atoms with Crippen molar-refractivity contribution in [3.05, 3.63) is 83.4 Å². The van der Waals surface area contributed by atoms with Gasteiger partial charge in [0.15, 0.2) is 11.5 Å². The summed E-state index contributed by atoms with van der Waals surface area (Å²) in [7, 11) is 4.76. The minimum atomic E-state index is -0.138. The molecular weight excluding hydrogens is 482 g/mol. The lowest BCUT2D eigenvalue weighted by Gasteiger charge is -2.35. The number of anilines is 1. The molecule has 0 spiro atoms. The van der Waals surface area contributed by atoms with Crippen molar-refractivity contribution in [1.82, 2.24) is 10.6 Å². The number of hydrogen-bond donors (Lipinski definition) is 2. The Morgan fingerprint density at radius 3 is 2.24 bits per heavy atom. The number of ether oxygens (including phenoxy) is 3. The van der Waals surface area contributed by atoms with Gasteiger partial charge in [0.25, 0.3) is 11.8 Å². The smallest absolute Gasteiger partial charge is 0.253 e. The summed E-state index contributed by atoms with van der Waals surface area (Å²) in [6.45, 7) is 2.03. The highest BCUT2D eigenvalue weighted by molar-refractivity contribution is 6.00. The highest BCUT2D eigenvalue weighted by Crippen LogP contribution is 2.28. The number of carbonyl (C=O) groups excluding carboxylic acids is 2. The summed E-state index contributed by atoms with van der Waals surface area (Å²) in [5, 5.41) is 6.19. The van der Waals surface area contributed by atoms with Gasteiger partial charge in [-0.25, -0.2) is 0 Å². The van der Waals surface area contributed by atoms with E-state index in [2.05, 4.69) is 15.5 Å². The van der Waals surface area contributed by atoms with E-state index in [4.69, 9.17) is 14.2 Å². The number of benzene rings is 3. The van der Waals surface area contributed by atoms with Gasteiger partial charge in [-0.3, -0.25) is 9.59 Å². The molecule has 1 saturated heterocycles. The van der Waals surface area contributed by atoms with Gasteiger partial charge in [-0.15, -0.1) is 0 Å². The lowest BCUT2D eigenvalue weighted by Crippen LogP contribution is -2.45. The predicted molar refractivity (Wildman–Crippen MR) is 148 cm³/mol. The zero-order chi connectivity index (χ0) is 26.9. The number of nitrogens with one attached hydrogen (secondary N) is 2. The standard InChI is InChI=1S/C30H35N3O5/c1-36-24-11-8-21(9-12-24)14-17-31-30(35)25-6-4-5-7-26(25)33-18-15-23(16-19-33)32-29(34)22-10-13-27(37-2)28(20-22)38-3/h4-13,20,23H,14-19H2,1-3H3,(H,31,35)(H,32,34). The molecule has 0 aliphatic carbocycles. The first kappa shape index (κ1) is 26.9. The van der Waals surface area contributed by atoms with E-state index < -0.39 is 0 Å². The number of rotatable bonds is 10. The lowest BCUT2D eigenvalue weighted by molar-refractivity contribution is 0.0929. The highest BCUT2D eigenvalue weighted by atomic mass is 16.5. The molecule has 0 aromatic heterocycles. The Bertz CT molecular complexity index is 1240. The molecule has 0 bridgehead atoms. The van der Waals surface area contributed by atoms with E-state index in [0.717, 1.165) is 49.4 Å². The molecule has 2 amide bonds. The number of para-hydroxylation sites is 1. The van der Waals surface area contributed by atoms with Gasteiger partial charge in [-0.05, 0) is 67.3 Å². The van der Waals surface area contributed by atoms with Crippen LogP contribution < -0.4 is 29.7 Å². The van der Waals surface area contributed by atoms with Crippen LogP contribution in [0.15, 0.2) is 66.7 Å². The Morgan fingerprint density at radius 1 is 0.842 bits per heavy atom. The number of hydrogen-bond acceptors (Lipinski definition) is 6. The maximum atomic E-state index is 13.0. The van der Waals surface area contributed by atoms with E-state index in [0.29, 0.717) is 29.2 Å². The average molecular weight is 518 g/mol. The molecule has 1 aliphatic rings. The van der Waals surface area contributed by atoms with Crippen LogP contribution in [0, 0.1) is 0 Å². The SMILES string of the molecule is COc1ccc(CCNC(=O)c2ccccc2N2CCC(NC(=O)c3ccc(OC)c(OC)c3)CC2)cc1. The van der Waals surface area contributed by atoms with Crippen molar-refractivity contribution >= 4 is 17.5 Å². The summed E-state index contributed by atoms with van der Waals surface area (Å²) in [6, 6.07) is 20.8. The molecule has 0 atom stereocenters. The van der Waals surface area contributed by atoms with Gasteiger partial charge in [-0.1, -0.05) is 24.3 Å². The van der Waals surface area contributed by atoms with Crippen molar-refractivity contribution in [3.8, 4) is 17.2 Å². The number of nitrogens with zero attached hydrogens (tertiary/aromatic N) is 1. The molecule has 200 valence electrons. The fraction of sp³-hybridized carbons (Fsp3) is 0.333. The van der Waals surface area contributed by atoms with E-state index in [1.165, 1.54) is 0 Å². The highest BCUT2D eigenvalue weighted by Gasteiger charge is 2.24. The van der Waals surface area contributed by atoms with Crippen LogP contribution in [0.4, 0.5) is 5.69 Å². The van der Waals surface area contributed by atoms with E-state index in [9.17, 15) is 9.59 Å². The molecular formula is C30H35N3O5. The van der Waals surface area contributed by atoms with Crippen LogP contribution in [0.5, 0.6) is 17.2 Å². The van der Waals surface area contributed by atoms with Gasteiger partial charge in [0, 0.05) is 36.9 Å². The van der Waals surface area contributed by atoms with E-state index >= 15 is 0 Å². The molecule has 1 fully saturated rings. The van der Waals surface area contributed by atoms with Gasteiger partial charge in [0.1, 0.15) is 5.75 Å². The first-order chi connectivity index (χ1) is 18.5. The quantitative estimate of drug-likeness (QED) is 0.421. The average Bonchev–Trinajstić information content (AvgIpc) is 2.97. The summed E-state index contributed by atoms with van der Waals surface area (Å²) in [5.74, 6) is 1.70. The lowest BCUT2D eigenvalue weighted by atomic mass is 10.0. The van der Waals surface area contributed by atoms with Gasteiger partial charge in [0.2, 0.25) is 0 Å². The van der Waals surface area contributed by atoms with Gasteiger partial charge >= 0.3 is 0 Å². The first-order valence-corrected chi connectivity index (χ1v) is 12.8. The molecule has 38 heavy (non-hydrogen) atoms. The maximum absolute atomic E-state index is 13.0. The molecule has 3 aromatic carbocycles. The molecule has 1 heterocycles. The van der Waals surface area contributed by atoms with Crippen LogP contribution in [0.1, 0.15) is 39.1 Å². The fourth-order valence-corrected chi connectivity index (χ4v) is 4.66. The summed E-state index contributed by atoms with van der Waals surface area (Å²) < 4.78 is 15.8. The molecule has 0 saturated carbocycles. The van der Waals surface area contributed by atoms with Gasteiger partial charge in [-0.2, -0.15) is 0 Å². The Balaban J connectivity index is 1.31. The first-order valence-electron chi connectivity index (χ1n) is 12.8. The second-order valence-corrected chi connectivity index (χ2v) is 9.18. The van der Waals surface area contributed by atoms with Crippen molar-refractivity contribution < 1.29 is 23.8 Å². The van der Waals surface area contributed by atoms with Crippen molar-refractivity contribution in [2.45, 2.75) is 25.3 Å². The van der Waals surface area contributed by atoms with Crippen LogP contribution in [0.2, 0.25) is 0 Å². The molecule has 8 heteroatoms. The van der Waals surface area contributed by atoms with E-state index in [1.807, 2.05) is 48.5 Å². The maximum Gasteiger partial charge on any atom is 0.253 e. The molecule has 2 N–H and O–H groups in total. The molecule has 8 nitrogen and oxygen atoms in total. The largest absolute Gasteiger partial charge is 0.497 e. The molecule has 4 rings (SSSR count). The van der Waals surface area contributed by atoms with Crippen LogP contribution >= 0.6 is 0 Å². The topological polar surface area (TPSA) is 89.1 Å². The Morgan fingerprint density at radius 2 is 1.55 bits per heavy atom. The third-order valence-electron chi connectivity index (χ3n) is 6.82. The number of methoxy groups -OCH3 is 3. The number of piperidine rings is 1. The summed E-state index contributed by atoms with van der Waals surface area (Å²) in [6.07, 6.45) is 2.31. The van der Waals surface area contributed by atoms with Crippen LogP contribution in [0.25, 0.3) is 0 Å².